The van der Waals surface area contributed by atoms with Crippen molar-refractivity contribution in [3.8, 4) is 11.5 Å². The molecule has 2 aromatic carbocycles. The van der Waals surface area contributed by atoms with Gasteiger partial charge >= 0.3 is 5.97 Å². The number of benzene rings is 2. The van der Waals surface area contributed by atoms with Gasteiger partial charge in [0.2, 0.25) is 0 Å². The van der Waals surface area contributed by atoms with Gasteiger partial charge in [-0.2, -0.15) is 0 Å². The van der Waals surface area contributed by atoms with Gasteiger partial charge in [-0.25, -0.2) is 0 Å². The van der Waals surface area contributed by atoms with Crippen molar-refractivity contribution in [2.75, 3.05) is 21.3 Å². The van der Waals surface area contributed by atoms with E-state index in [4.69, 9.17) is 37.4 Å². The Kier molecular flexibility index (Phi) is 5.61. The van der Waals surface area contributed by atoms with Gasteiger partial charge in [0.1, 0.15) is 6.04 Å². The molecule has 0 bridgehead atoms. The molecule has 138 valence electrons. The van der Waals surface area contributed by atoms with E-state index in [1.54, 1.807) is 26.4 Å². The summed E-state index contributed by atoms with van der Waals surface area (Å²) >= 11 is 12.5. The molecule has 0 amide bonds. The van der Waals surface area contributed by atoms with Crippen LogP contribution in [0, 0.1) is 0 Å². The quantitative estimate of drug-likeness (QED) is 0.798. The topological polar surface area (TPSA) is 56.8 Å². The first-order chi connectivity index (χ1) is 12.5. The van der Waals surface area contributed by atoms with Gasteiger partial charge < -0.3 is 14.2 Å². The van der Waals surface area contributed by atoms with Gasteiger partial charge in [0.15, 0.2) is 11.5 Å². The van der Waals surface area contributed by atoms with Gasteiger partial charge in [0.25, 0.3) is 0 Å². The van der Waals surface area contributed by atoms with Gasteiger partial charge in [0, 0.05) is 10.0 Å². The van der Waals surface area contributed by atoms with Crippen molar-refractivity contribution in [1.82, 2.24) is 5.32 Å². The molecule has 2 atom stereocenters. The van der Waals surface area contributed by atoms with Gasteiger partial charge in [-0.3, -0.25) is 10.1 Å². The zero-order valence-corrected chi connectivity index (χ0v) is 16.1. The molecule has 0 aromatic heterocycles. The highest BCUT2D eigenvalue weighted by atomic mass is 35.5. The molecule has 0 spiro atoms. The summed E-state index contributed by atoms with van der Waals surface area (Å²) in [7, 11) is 4.54. The number of carbonyl (C=O) groups is 1. The monoisotopic (exact) mass is 395 g/mol. The minimum Gasteiger partial charge on any atom is -0.493 e. The van der Waals surface area contributed by atoms with Crippen molar-refractivity contribution in [3.63, 3.8) is 0 Å². The van der Waals surface area contributed by atoms with Crippen molar-refractivity contribution in [2.45, 2.75) is 18.5 Å². The maximum atomic E-state index is 12.2. The number of halogens is 2. The predicted octanol–water partition coefficient (Wildman–Crippen LogP) is 3.79. The second-order valence-corrected chi connectivity index (χ2v) is 6.80. The molecule has 3 rings (SSSR count). The van der Waals surface area contributed by atoms with Crippen LogP contribution in [-0.4, -0.2) is 33.3 Å². The Labute approximate surface area is 162 Å². The van der Waals surface area contributed by atoms with Crippen LogP contribution < -0.4 is 14.8 Å². The van der Waals surface area contributed by atoms with E-state index in [-0.39, 0.29) is 12.0 Å². The third-order valence-corrected chi connectivity index (χ3v) is 5.07. The molecule has 26 heavy (non-hydrogen) atoms. The Morgan fingerprint density at radius 1 is 1.04 bits per heavy atom. The smallest absolute Gasteiger partial charge is 0.323 e. The summed E-state index contributed by atoms with van der Waals surface area (Å²) in [5, 5.41) is 4.39. The molecule has 0 fully saturated rings. The van der Waals surface area contributed by atoms with Crippen LogP contribution in [0.25, 0.3) is 0 Å². The van der Waals surface area contributed by atoms with Crippen LogP contribution in [-0.2, 0) is 16.0 Å². The van der Waals surface area contributed by atoms with Crippen LogP contribution >= 0.6 is 23.2 Å². The number of methoxy groups -OCH3 is 3. The Morgan fingerprint density at radius 3 is 2.35 bits per heavy atom. The van der Waals surface area contributed by atoms with E-state index in [1.165, 1.54) is 7.11 Å². The number of esters is 1. The lowest BCUT2D eigenvalue weighted by atomic mass is 9.86. The number of hydrogen-bond acceptors (Lipinski definition) is 5. The first kappa shape index (κ1) is 18.8. The molecule has 1 aliphatic heterocycles. The van der Waals surface area contributed by atoms with Gasteiger partial charge in [-0.1, -0.05) is 29.3 Å². The van der Waals surface area contributed by atoms with Crippen LogP contribution in [0.4, 0.5) is 0 Å². The number of nitrogens with one attached hydrogen (secondary N) is 1. The van der Waals surface area contributed by atoms with E-state index in [2.05, 4.69) is 5.32 Å². The molecule has 0 saturated carbocycles. The van der Waals surface area contributed by atoms with Gasteiger partial charge in [-0.15, -0.1) is 0 Å². The van der Waals surface area contributed by atoms with E-state index in [1.807, 2.05) is 18.2 Å². The summed E-state index contributed by atoms with van der Waals surface area (Å²) in [5.74, 6) is 0.887. The molecular formula is C19H19Cl2NO4. The van der Waals surface area contributed by atoms with Crippen molar-refractivity contribution in [2.24, 2.45) is 0 Å². The molecule has 1 N–H and O–H groups in total. The maximum absolute atomic E-state index is 12.2. The van der Waals surface area contributed by atoms with Crippen molar-refractivity contribution in [1.29, 1.82) is 0 Å². The molecule has 0 aliphatic carbocycles. The minimum absolute atomic E-state index is 0.313. The van der Waals surface area contributed by atoms with Gasteiger partial charge in [-0.05, 0) is 47.4 Å². The SMILES string of the molecule is COC(=O)C1Cc2cc(OC)c(OC)cc2C(c2ccc(Cl)cc2Cl)N1. The van der Waals surface area contributed by atoms with E-state index in [0.717, 1.165) is 16.7 Å². The van der Waals surface area contributed by atoms with Crippen molar-refractivity contribution in [3.05, 3.63) is 57.1 Å². The van der Waals surface area contributed by atoms with Crippen LogP contribution in [0.3, 0.4) is 0 Å². The number of ether oxygens (including phenoxy) is 3. The van der Waals surface area contributed by atoms with Gasteiger partial charge in [0.05, 0.1) is 27.4 Å². The van der Waals surface area contributed by atoms with Crippen LogP contribution in [0.1, 0.15) is 22.7 Å². The highest BCUT2D eigenvalue weighted by Gasteiger charge is 2.34. The average Bonchev–Trinajstić information content (AvgIpc) is 2.65. The Balaban J connectivity index is 2.15. The first-order valence-electron chi connectivity index (χ1n) is 8.02. The summed E-state index contributed by atoms with van der Waals surface area (Å²) in [6, 6.07) is 8.29. The molecular weight excluding hydrogens is 377 g/mol. The largest absolute Gasteiger partial charge is 0.493 e. The molecule has 1 aliphatic rings. The molecule has 2 aromatic rings. The molecule has 2 unspecified atom stereocenters. The van der Waals surface area contributed by atoms with E-state index in [9.17, 15) is 4.79 Å². The molecule has 5 nitrogen and oxygen atoms in total. The molecule has 7 heteroatoms. The highest BCUT2D eigenvalue weighted by Crippen LogP contribution is 2.40. The summed E-state index contributed by atoms with van der Waals surface area (Å²) in [4.78, 5) is 12.2. The molecule has 0 radical (unpaired) electrons. The average molecular weight is 396 g/mol. The Morgan fingerprint density at radius 2 is 1.73 bits per heavy atom. The first-order valence-corrected chi connectivity index (χ1v) is 8.77. The van der Waals surface area contributed by atoms with E-state index in [0.29, 0.717) is 28.0 Å². The summed E-state index contributed by atoms with van der Waals surface area (Å²) in [5.41, 5.74) is 2.75. The van der Waals surface area contributed by atoms with Crippen LogP contribution in [0.5, 0.6) is 11.5 Å². The standard InChI is InChI=1S/C19H19Cl2NO4/c1-24-16-7-10-6-15(19(23)26-3)22-18(13(10)9-17(16)25-2)12-5-4-11(20)8-14(12)21/h4-5,7-9,15,18,22H,6H2,1-3H3. The zero-order valence-electron chi connectivity index (χ0n) is 14.6. The predicted molar refractivity (Wildman–Crippen MR) is 100 cm³/mol. The fourth-order valence-corrected chi connectivity index (χ4v) is 3.76. The third kappa shape index (κ3) is 3.47. The number of carbonyl (C=O) groups excluding carboxylic acids is 1. The second kappa shape index (κ2) is 7.74. The lowest BCUT2D eigenvalue weighted by molar-refractivity contribution is -0.143. The number of hydrogen-bond donors (Lipinski definition) is 1. The fraction of sp³-hybridized carbons (Fsp3) is 0.316. The number of fused-ring (bicyclic) bond motifs is 1. The Hall–Kier alpha value is -1.95. The summed E-state index contributed by atoms with van der Waals surface area (Å²) in [6.45, 7) is 0. The lowest BCUT2D eigenvalue weighted by Gasteiger charge is -2.33. The molecule has 1 heterocycles. The highest BCUT2D eigenvalue weighted by molar-refractivity contribution is 6.35. The maximum Gasteiger partial charge on any atom is 0.323 e. The molecule has 0 saturated heterocycles. The van der Waals surface area contributed by atoms with E-state index >= 15 is 0 Å². The third-order valence-electron chi connectivity index (χ3n) is 4.51. The van der Waals surface area contributed by atoms with Crippen molar-refractivity contribution < 1.29 is 19.0 Å². The minimum atomic E-state index is -0.498. The summed E-state index contributed by atoms with van der Waals surface area (Å²) < 4.78 is 15.8. The van der Waals surface area contributed by atoms with E-state index < -0.39 is 6.04 Å². The Bertz CT molecular complexity index is 841. The van der Waals surface area contributed by atoms with Crippen LogP contribution in [0.15, 0.2) is 30.3 Å². The van der Waals surface area contributed by atoms with Crippen LogP contribution in [0.2, 0.25) is 10.0 Å². The number of rotatable bonds is 4. The summed E-state index contributed by atoms with van der Waals surface area (Å²) in [6.07, 6.45) is 0.476. The second-order valence-electron chi connectivity index (χ2n) is 5.95. The lowest BCUT2D eigenvalue weighted by Crippen LogP contribution is -2.45. The zero-order chi connectivity index (χ0) is 18.8. The van der Waals surface area contributed by atoms with Crippen molar-refractivity contribution >= 4 is 29.2 Å². The fourth-order valence-electron chi connectivity index (χ4n) is 3.24. The normalized spacial score (nSPS) is 18.8.